The van der Waals surface area contributed by atoms with E-state index in [1.165, 1.54) is 16.7 Å². The van der Waals surface area contributed by atoms with Gasteiger partial charge in [-0.05, 0) is 65.0 Å². The first-order chi connectivity index (χ1) is 13.2. The summed E-state index contributed by atoms with van der Waals surface area (Å²) in [4.78, 5) is 0. The summed E-state index contributed by atoms with van der Waals surface area (Å²) in [5, 5.41) is 28.9. The Morgan fingerprint density at radius 1 is 0.893 bits per heavy atom. The van der Waals surface area contributed by atoms with Gasteiger partial charge in [0.05, 0.1) is 19.3 Å². The van der Waals surface area contributed by atoms with Gasteiger partial charge in [0.1, 0.15) is 0 Å². The van der Waals surface area contributed by atoms with E-state index in [0.29, 0.717) is 0 Å². The van der Waals surface area contributed by atoms with Gasteiger partial charge in [-0.25, -0.2) is 0 Å². The summed E-state index contributed by atoms with van der Waals surface area (Å²) < 4.78 is 0. The number of aliphatic hydroxyl groups excluding tert-OH is 3. The molecule has 0 bridgehead atoms. The molecule has 0 aliphatic heterocycles. The summed E-state index contributed by atoms with van der Waals surface area (Å²) in [6.45, 7) is 8.11. The number of rotatable bonds is 8. The van der Waals surface area contributed by atoms with E-state index in [2.05, 4.69) is 25.1 Å². The van der Waals surface area contributed by atoms with Crippen LogP contribution in [-0.2, 0) is 26.1 Å². The van der Waals surface area contributed by atoms with Crippen LogP contribution in [0.5, 0.6) is 0 Å². The van der Waals surface area contributed by atoms with Crippen LogP contribution in [0.25, 0.3) is 6.08 Å². The van der Waals surface area contributed by atoms with Crippen LogP contribution >= 0.6 is 0 Å². The molecule has 0 heterocycles. The highest BCUT2D eigenvalue weighted by Crippen LogP contribution is 2.22. The summed E-state index contributed by atoms with van der Waals surface area (Å²) in [5.41, 5.74) is 6.29. The van der Waals surface area contributed by atoms with Gasteiger partial charge in [0.15, 0.2) is 0 Å². The fourth-order valence-electron chi connectivity index (χ4n) is 3.20. The molecule has 0 aliphatic carbocycles. The average Bonchev–Trinajstić information content (AvgIpc) is 2.66. The van der Waals surface area contributed by atoms with Crippen LogP contribution in [0.2, 0.25) is 0 Å². The average molecular weight is 383 g/mol. The Morgan fingerprint density at radius 2 is 1.50 bits per heavy atom. The van der Waals surface area contributed by atoms with Gasteiger partial charge in [-0.1, -0.05) is 69.3 Å². The number of aryl methyl sites for hydroxylation is 3. The fraction of sp³-hybridized carbons (Fsp3) is 0.440. The highest BCUT2D eigenvalue weighted by molar-refractivity contribution is 5.55. The van der Waals surface area contributed by atoms with Crippen molar-refractivity contribution in [3.63, 3.8) is 0 Å². The lowest BCUT2D eigenvalue weighted by molar-refractivity contribution is 0.106. The van der Waals surface area contributed by atoms with Crippen LogP contribution < -0.4 is 0 Å². The normalized spacial score (nSPS) is 13.2. The van der Waals surface area contributed by atoms with Crippen molar-refractivity contribution in [2.75, 3.05) is 0 Å². The van der Waals surface area contributed by atoms with Gasteiger partial charge in [0, 0.05) is 0 Å². The molecule has 0 aliphatic rings. The molecule has 152 valence electrons. The molecule has 0 fully saturated rings. The van der Waals surface area contributed by atoms with Crippen LogP contribution in [0.1, 0.15) is 60.6 Å². The second kappa shape index (κ2) is 10.0. The third-order valence-corrected chi connectivity index (χ3v) is 5.22. The third-order valence-electron chi connectivity index (χ3n) is 5.22. The molecular weight excluding hydrogens is 348 g/mol. The zero-order valence-corrected chi connectivity index (χ0v) is 17.6. The van der Waals surface area contributed by atoms with Gasteiger partial charge in [-0.3, -0.25) is 0 Å². The molecule has 3 nitrogen and oxygen atoms in total. The Morgan fingerprint density at radius 3 is 2.07 bits per heavy atom. The molecule has 3 N–H and O–H groups in total. The topological polar surface area (TPSA) is 60.7 Å². The molecule has 1 unspecified atom stereocenters. The van der Waals surface area contributed by atoms with Crippen molar-refractivity contribution < 1.29 is 15.3 Å². The van der Waals surface area contributed by atoms with Crippen molar-refractivity contribution in [2.24, 2.45) is 5.41 Å². The number of benzene rings is 2. The molecule has 0 radical (unpaired) electrons. The van der Waals surface area contributed by atoms with E-state index in [1.807, 2.05) is 51.1 Å². The smallest absolute Gasteiger partial charge is 0.0772 e. The minimum Gasteiger partial charge on any atom is -0.392 e. The molecule has 2 aromatic carbocycles. The van der Waals surface area contributed by atoms with Gasteiger partial charge in [-0.15, -0.1) is 0 Å². The molecule has 0 spiro atoms. The third kappa shape index (κ3) is 6.30. The van der Waals surface area contributed by atoms with E-state index in [4.69, 9.17) is 0 Å². The predicted octanol–water partition coefficient (Wildman–Crippen LogP) is 4.58. The Bertz CT molecular complexity index is 800. The van der Waals surface area contributed by atoms with E-state index < -0.39 is 6.10 Å². The standard InChI is InChI=1S/C25H34O3/c1-18-14-19(8-10-21(18)12-13-24(28)25(2,3)4)6-5-7-20-9-11-22(16-26)23(15-20)17-27/h8-15,24,26-28H,5-7,16-17H2,1-4H3. The van der Waals surface area contributed by atoms with Crippen molar-refractivity contribution >= 4 is 6.08 Å². The lowest BCUT2D eigenvalue weighted by Crippen LogP contribution is -2.23. The van der Waals surface area contributed by atoms with Gasteiger partial charge >= 0.3 is 0 Å². The molecule has 0 aromatic heterocycles. The van der Waals surface area contributed by atoms with E-state index in [0.717, 1.165) is 36.0 Å². The largest absolute Gasteiger partial charge is 0.392 e. The van der Waals surface area contributed by atoms with Gasteiger partial charge in [0.25, 0.3) is 0 Å². The Labute approximate surface area is 169 Å². The fourth-order valence-corrected chi connectivity index (χ4v) is 3.20. The van der Waals surface area contributed by atoms with Gasteiger partial charge in [-0.2, -0.15) is 0 Å². The molecule has 2 aromatic rings. The maximum atomic E-state index is 10.2. The van der Waals surface area contributed by atoms with E-state index in [9.17, 15) is 15.3 Å². The molecule has 2 rings (SSSR count). The van der Waals surface area contributed by atoms with Crippen molar-refractivity contribution in [3.8, 4) is 0 Å². The second-order valence-corrected chi connectivity index (χ2v) is 8.63. The molecule has 0 saturated carbocycles. The molecule has 28 heavy (non-hydrogen) atoms. The highest BCUT2D eigenvalue weighted by atomic mass is 16.3. The first kappa shape index (κ1) is 22.4. The van der Waals surface area contributed by atoms with Crippen LogP contribution in [0.3, 0.4) is 0 Å². The summed E-state index contributed by atoms with van der Waals surface area (Å²) in [6, 6.07) is 12.4. The molecule has 1 atom stereocenters. The lowest BCUT2D eigenvalue weighted by Gasteiger charge is -2.22. The molecular formula is C25H34O3. The zero-order valence-electron chi connectivity index (χ0n) is 17.6. The van der Waals surface area contributed by atoms with E-state index in [-0.39, 0.29) is 18.6 Å². The van der Waals surface area contributed by atoms with Gasteiger partial charge < -0.3 is 15.3 Å². The maximum Gasteiger partial charge on any atom is 0.0772 e. The summed E-state index contributed by atoms with van der Waals surface area (Å²) in [7, 11) is 0. The van der Waals surface area contributed by atoms with E-state index >= 15 is 0 Å². The maximum absolute atomic E-state index is 10.2. The Hall–Kier alpha value is -1.94. The van der Waals surface area contributed by atoms with E-state index in [1.54, 1.807) is 0 Å². The van der Waals surface area contributed by atoms with Crippen LogP contribution in [-0.4, -0.2) is 21.4 Å². The molecule has 3 heteroatoms. The lowest BCUT2D eigenvalue weighted by atomic mass is 9.88. The minimum absolute atomic E-state index is 0.0387. The van der Waals surface area contributed by atoms with Crippen molar-refractivity contribution in [2.45, 2.75) is 66.3 Å². The van der Waals surface area contributed by atoms with Crippen LogP contribution in [0.15, 0.2) is 42.5 Å². The summed E-state index contributed by atoms with van der Waals surface area (Å²) in [5.74, 6) is 0. The first-order valence-electron chi connectivity index (χ1n) is 10.0. The number of hydrogen-bond acceptors (Lipinski definition) is 3. The molecule has 0 saturated heterocycles. The SMILES string of the molecule is Cc1cc(CCCc2ccc(CO)c(CO)c2)ccc1C=CC(O)C(C)(C)C. The van der Waals surface area contributed by atoms with Crippen LogP contribution in [0, 0.1) is 12.3 Å². The van der Waals surface area contributed by atoms with Gasteiger partial charge in [0.2, 0.25) is 0 Å². The van der Waals surface area contributed by atoms with Crippen molar-refractivity contribution in [3.05, 3.63) is 75.9 Å². The molecule has 0 amide bonds. The predicted molar refractivity (Wildman–Crippen MR) is 116 cm³/mol. The summed E-state index contributed by atoms with van der Waals surface area (Å²) in [6.07, 6.45) is 6.38. The first-order valence-corrected chi connectivity index (χ1v) is 10.0. The van der Waals surface area contributed by atoms with Crippen molar-refractivity contribution in [1.82, 2.24) is 0 Å². The highest BCUT2D eigenvalue weighted by Gasteiger charge is 2.18. The quantitative estimate of drug-likeness (QED) is 0.626. The van der Waals surface area contributed by atoms with Crippen molar-refractivity contribution in [1.29, 1.82) is 0 Å². The Kier molecular flexibility index (Phi) is 7.99. The zero-order chi connectivity index (χ0) is 20.7. The second-order valence-electron chi connectivity index (χ2n) is 8.63. The monoisotopic (exact) mass is 382 g/mol. The number of hydrogen-bond donors (Lipinski definition) is 3. The Balaban J connectivity index is 1.95. The summed E-state index contributed by atoms with van der Waals surface area (Å²) >= 11 is 0. The minimum atomic E-state index is -0.465. The number of aliphatic hydroxyl groups is 3. The van der Waals surface area contributed by atoms with Crippen LogP contribution in [0.4, 0.5) is 0 Å².